The molecule has 0 aromatic rings. The monoisotopic (exact) mass is 355 g/mol. The molecule has 1 saturated heterocycles. The van der Waals surface area contributed by atoms with Gasteiger partial charge in [-0.05, 0) is 27.7 Å². The minimum absolute atomic E-state index is 0.0142. The number of rotatable bonds is 8. The Morgan fingerprint density at radius 2 is 1.57 bits per heavy atom. The minimum Gasteiger partial charge on any atom is -0.387 e. The third-order valence-electron chi connectivity index (χ3n) is 3.65. The summed E-state index contributed by atoms with van der Waals surface area (Å²) >= 11 is 0. The normalized spacial score (nSPS) is 33.7. The molecule has 0 spiro atoms. The van der Waals surface area contributed by atoms with Crippen LogP contribution in [0.1, 0.15) is 27.7 Å². The van der Waals surface area contributed by atoms with Crippen LogP contribution >= 0.6 is 8.53 Å². The van der Waals surface area contributed by atoms with Crippen molar-refractivity contribution < 1.29 is 33.8 Å². The molecule has 1 fully saturated rings. The van der Waals surface area contributed by atoms with Gasteiger partial charge in [-0.3, -0.25) is 0 Å². The second-order valence-corrected chi connectivity index (χ2v) is 7.59. The maximum atomic E-state index is 10.0. The molecule has 0 radical (unpaired) electrons. The van der Waals surface area contributed by atoms with Crippen LogP contribution < -0.4 is 0 Å². The van der Waals surface area contributed by atoms with E-state index in [1.165, 1.54) is 7.11 Å². The van der Waals surface area contributed by atoms with Crippen LogP contribution in [0.25, 0.3) is 0 Å². The smallest absolute Gasteiger partial charge is 0.259 e. The lowest BCUT2D eigenvalue weighted by molar-refractivity contribution is -0.293. The Labute approximate surface area is 139 Å². The molecule has 0 aromatic heterocycles. The molecule has 8 nitrogen and oxygen atoms in total. The number of nitrogens with zero attached hydrogens (tertiary/aromatic N) is 1. The molecule has 1 rings (SSSR count). The third kappa shape index (κ3) is 5.29. The molecule has 0 aromatic carbocycles. The number of aliphatic hydroxyl groups excluding tert-OH is 3. The highest BCUT2D eigenvalue weighted by molar-refractivity contribution is 7.44. The van der Waals surface area contributed by atoms with Crippen LogP contribution in [-0.4, -0.2) is 83.6 Å². The van der Waals surface area contributed by atoms with Gasteiger partial charge in [-0.2, -0.15) is 0 Å². The van der Waals surface area contributed by atoms with Crippen LogP contribution in [-0.2, 0) is 18.5 Å². The Hall–Kier alpha value is 0.110. The molecule has 0 amide bonds. The second kappa shape index (κ2) is 9.56. The number of hydrogen-bond acceptors (Lipinski definition) is 8. The molecule has 6 atom stereocenters. The van der Waals surface area contributed by atoms with E-state index in [0.29, 0.717) is 0 Å². The quantitative estimate of drug-likeness (QED) is 0.540. The Kier molecular flexibility index (Phi) is 8.79. The van der Waals surface area contributed by atoms with E-state index < -0.39 is 39.2 Å². The van der Waals surface area contributed by atoms with Crippen molar-refractivity contribution in [3.8, 4) is 0 Å². The topological polar surface area (TPSA) is 101 Å². The number of aliphatic hydroxyl groups is 3. The van der Waals surface area contributed by atoms with Crippen LogP contribution in [0.5, 0.6) is 0 Å². The fraction of sp³-hybridized carbons (Fsp3) is 1.00. The maximum absolute atomic E-state index is 10.0. The summed E-state index contributed by atoms with van der Waals surface area (Å²) in [5.41, 5.74) is 0. The zero-order valence-electron chi connectivity index (χ0n) is 14.6. The molecule has 1 aliphatic heterocycles. The van der Waals surface area contributed by atoms with Gasteiger partial charge < -0.3 is 33.8 Å². The van der Waals surface area contributed by atoms with Crippen LogP contribution in [0.4, 0.5) is 0 Å². The summed E-state index contributed by atoms with van der Waals surface area (Å²) in [6, 6.07) is 0.440. The van der Waals surface area contributed by atoms with Gasteiger partial charge in [-0.15, -0.1) is 0 Å². The average Bonchev–Trinajstić information content (AvgIpc) is 2.49. The van der Waals surface area contributed by atoms with Crippen molar-refractivity contribution in [2.45, 2.75) is 70.5 Å². The molecule has 23 heavy (non-hydrogen) atoms. The lowest BCUT2D eigenvalue weighted by atomic mass is 9.99. The van der Waals surface area contributed by atoms with Crippen LogP contribution in [0.2, 0.25) is 0 Å². The van der Waals surface area contributed by atoms with E-state index in [0.717, 1.165) is 0 Å². The van der Waals surface area contributed by atoms with Crippen LogP contribution in [0.3, 0.4) is 0 Å². The maximum Gasteiger partial charge on any atom is 0.259 e. The Morgan fingerprint density at radius 1 is 1.00 bits per heavy atom. The summed E-state index contributed by atoms with van der Waals surface area (Å²) in [5, 5.41) is 29.7. The second-order valence-electron chi connectivity index (χ2n) is 6.03. The summed E-state index contributed by atoms with van der Waals surface area (Å²) in [5.74, 6) is 0. The van der Waals surface area contributed by atoms with Gasteiger partial charge in [0, 0.05) is 26.3 Å². The average molecular weight is 355 g/mol. The van der Waals surface area contributed by atoms with Gasteiger partial charge in [0.1, 0.15) is 24.4 Å². The van der Waals surface area contributed by atoms with Gasteiger partial charge in [0.05, 0.1) is 6.61 Å². The van der Waals surface area contributed by atoms with Crippen molar-refractivity contribution in [3.05, 3.63) is 0 Å². The molecule has 0 saturated carbocycles. The van der Waals surface area contributed by atoms with Crippen molar-refractivity contribution in [3.63, 3.8) is 0 Å². The van der Waals surface area contributed by atoms with Gasteiger partial charge in [0.2, 0.25) is 0 Å². The fourth-order valence-corrected chi connectivity index (χ4v) is 4.03. The Morgan fingerprint density at radius 3 is 2.00 bits per heavy atom. The zero-order valence-corrected chi connectivity index (χ0v) is 15.5. The van der Waals surface area contributed by atoms with E-state index in [2.05, 4.69) is 4.67 Å². The number of hydrogen-bond donors (Lipinski definition) is 3. The van der Waals surface area contributed by atoms with Gasteiger partial charge in [-0.1, -0.05) is 0 Å². The SMILES string of the molecule is CO[C@H]1O[C@H](COP(OC)N(C(C)C)C(C)C)[C@@H](O)[C@H](O)[C@H]1O. The van der Waals surface area contributed by atoms with E-state index >= 15 is 0 Å². The van der Waals surface area contributed by atoms with Crippen molar-refractivity contribution in [2.75, 3.05) is 20.8 Å². The molecule has 1 aliphatic rings. The summed E-state index contributed by atoms with van der Waals surface area (Å²) < 4.78 is 23.8. The van der Waals surface area contributed by atoms with Crippen molar-refractivity contribution in [1.29, 1.82) is 0 Å². The van der Waals surface area contributed by atoms with Gasteiger partial charge in [0.25, 0.3) is 8.53 Å². The molecule has 0 aliphatic carbocycles. The van der Waals surface area contributed by atoms with Gasteiger partial charge >= 0.3 is 0 Å². The number of methoxy groups -OCH3 is 1. The predicted molar refractivity (Wildman–Crippen MR) is 85.7 cm³/mol. The Balaban J connectivity index is 2.70. The largest absolute Gasteiger partial charge is 0.387 e. The molecule has 138 valence electrons. The standard InChI is InChI=1S/C14H30NO7P/c1-8(2)15(9(3)4)23(20-6)21-7-10-11(16)12(17)13(18)14(19-5)22-10/h8-14,16-18H,7H2,1-6H3/t10-,11-,12+,13-,14+,23?/m1/s1. The zero-order chi connectivity index (χ0) is 17.7. The first-order valence-electron chi connectivity index (χ1n) is 7.72. The van der Waals surface area contributed by atoms with Crippen LogP contribution in [0, 0.1) is 0 Å². The molecule has 3 N–H and O–H groups in total. The molecule has 0 bridgehead atoms. The van der Waals surface area contributed by atoms with Crippen molar-refractivity contribution in [1.82, 2.24) is 4.67 Å². The first kappa shape index (κ1) is 21.2. The predicted octanol–water partition coefficient (Wildman–Crippen LogP) is 0.449. The lowest BCUT2D eigenvalue weighted by Crippen LogP contribution is -2.59. The molecular formula is C14H30NO7P. The summed E-state index contributed by atoms with van der Waals surface area (Å²) in [7, 11) is 1.60. The fourth-order valence-electron chi connectivity index (χ4n) is 2.57. The first-order valence-corrected chi connectivity index (χ1v) is 8.85. The van der Waals surface area contributed by atoms with Gasteiger partial charge in [0.15, 0.2) is 6.29 Å². The highest BCUT2D eigenvalue weighted by Crippen LogP contribution is 2.45. The van der Waals surface area contributed by atoms with E-state index in [4.69, 9.17) is 18.5 Å². The van der Waals surface area contributed by atoms with Crippen LogP contribution in [0.15, 0.2) is 0 Å². The van der Waals surface area contributed by atoms with E-state index in [1.807, 2.05) is 27.7 Å². The van der Waals surface area contributed by atoms with E-state index in [9.17, 15) is 15.3 Å². The summed E-state index contributed by atoms with van der Waals surface area (Å²) in [6.07, 6.45) is -5.77. The number of ether oxygens (including phenoxy) is 2. The summed E-state index contributed by atoms with van der Waals surface area (Å²) in [4.78, 5) is 0. The van der Waals surface area contributed by atoms with Crippen molar-refractivity contribution >= 4 is 8.53 Å². The molecular weight excluding hydrogens is 325 g/mol. The Bertz CT molecular complexity index is 337. The molecule has 1 heterocycles. The highest BCUT2D eigenvalue weighted by Gasteiger charge is 2.44. The minimum atomic E-state index is -1.36. The first-order chi connectivity index (χ1) is 10.7. The third-order valence-corrected chi connectivity index (χ3v) is 5.64. The lowest BCUT2D eigenvalue weighted by Gasteiger charge is -2.41. The molecule has 1 unspecified atom stereocenters. The van der Waals surface area contributed by atoms with Gasteiger partial charge in [-0.25, -0.2) is 4.67 Å². The molecule has 9 heteroatoms. The summed E-state index contributed by atoms with van der Waals surface area (Å²) in [6.45, 7) is 8.20. The van der Waals surface area contributed by atoms with E-state index in [1.54, 1.807) is 7.11 Å². The van der Waals surface area contributed by atoms with E-state index in [-0.39, 0.29) is 18.7 Å². The van der Waals surface area contributed by atoms with Crippen molar-refractivity contribution in [2.24, 2.45) is 0 Å². The highest BCUT2D eigenvalue weighted by atomic mass is 31.2.